The molecular weight excluding hydrogens is 310 g/mol. The molecule has 3 aromatic rings. The fourth-order valence-corrected chi connectivity index (χ4v) is 2.58. The largest absolute Gasteiger partial charge is 0.493 e. The molecule has 126 valence electrons. The number of H-pyrrole nitrogens is 2. The first-order valence-corrected chi connectivity index (χ1v) is 7.39. The van der Waals surface area contributed by atoms with Gasteiger partial charge < -0.3 is 29.5 Å². The van der Waals surface area contributed by atoms with E-state index in [-0.39, 0.29) is 5.69 Å². The fraction of sp³-hybridized carbons (Fsp3) is 0.235. The number of aromatic nitrogens is 2. The van der Waals surface area contributed by atoms with Crippen LogP contribution >= 0.6 is 0 Å². The Morgan fingerprint density at radius 3 is 2.21 bits per heavy atom. The van der Waals surface area contributed by atoms with Gasteiger partial charge in [0.1, 0.15) is 0 Å². The molecule has 0 bridgehead atoms. The van der Waals surface area contributed by atoms with Crippen LogP contribution in [0.2, 0.25) is 0 Å². The van der Waals surface area contributed by atoms with Gasteiger partial charge in [0.15, 0.2) is 11.5 Å². The number of hydrogen-bond acceptors (Lipinski definition) is 5. The summed E-state index contributed by atoms with van der Waals surface area (Å²) < 4.78 is 16.0. The Balaban J connectivity index is 1.83. The average Bonchev–Trinajstić information content (AvgIpc) is 2.97. The second kappa shape index (κ2) is 6.57. The molecule has 0 aliphatic rings. The van der Waals surface area contributed by atoms with Gasteiger partial charge in [0, 0.05) is 12.2 Å². The SMILES string of the molecule is COc1cc(CNc2ccc3[nH]c(=O)[nH]c3c2)cc(OC)c1OC. The topological polar surface area (TPSA) is 88.4 Å². The summed E-state index contributed by atoms with van der Waals surface area (Å²) in [5, 5.41) is 3.31. The Morgan fingerprint density at radius 1 is 0.917 bits per heavy atom. The number of benzene rings is 2. The van der Waals surface area contributed by atoms with Gasteiger partial charge in [0.2, 0.25) is 5.75 Å². The van der Waals surface area contributed by atoms with Crippen LogP contribution < -0.4 is 25.2 Å². The van der Waals surface area contributed by atoms with Crippen LogP contribution in [0.1, 0.15) is 5.56 Å². The first kappa shape index (κ1) is 15.8. The Morgan fingerprint density at radius 2 is 1.58 bits per heavy atom. The van der Waals surface area contributed by atoms with Crippen LogP contribution in [0.3, 0.4) is 0 Å². The molecule has 24 heavy (non-hydrogen) atoms. The number of imidazole rings is 1. The summed E-state index contributed by atoms with van der Waals surface area (Å²) in [6, 6.07) is 9.43. The van der Waals surface area contributed by atoms with Crippen LogP contribution in [0.25, 0.3) is 11.0 Å². The summed E-state index contributed by atoms with van der Waals surface area (Å²) in [4.78, 5) is 16.8. The molecule has 0 spiro atoms. The highest BCUT2D eigenvalue weighted by Crippen LogP contribution is 2.38. The molecule has 3 N–H and O–H groups in total. The van der Waals surface area contributed by atoms with Crippen molar-refractivity contribution in [3.63, 3.8) is 0 Å². The maximum Gasteiger partial charge on any atom is 0.323 e. The van der Waals surface area contributed by atoms with Gasteiger partial charge in [-0.05, 0) is 35.9 Å². The standard InChI is InChI=1S/C17H19N3O4/c1-22-14-6-10(7-15(23-2)16(14)24-3)9-18-11-4-5-12-13(8-11)20-17(21)19-12/h4-8,18H,9H2,1-3H3,(H2,19,20,21). The number of rotatable bonds is 6. The zero-order valence-corrected chi connectivity index (χ0v) is 13.7. The number of nitrogens with one attached hydrogen (secondary N) is 3. The summed E-state index contributed by atoms with van der Waals surface area (Å²) >= 11 is 0. The summed E-state index contributed by atoms with van der Waals surface area (Å²) in [7, 11) is 4.75. The Bertz CT molecular complexity index is 889. The number of fused-ring (bicyclic) bond motifs is 1. The Hall–Kier alpha value is -3.09. The van der Waals surface area contributed by atoms with Crippen LogP contribution in [0, 0.1) is 0 Å². The maximum absolute atomic E-state index is 11.3. The second-order valence-corrected chi connectivity index (χ2v) is 5.23. The van der Waals surface area contributed by atoms with E-state index in [1.807, 2.05) is 30.3 Å². The predicted octanol–water partition coefficient (Wildman–Crippen LogP) is 2.49. The van der Waals surface area contributed by atoms with E-state index in [0.717, 1.165) is 22.3 Å². The lowest BCUT2D eigenvalue weighted by atomic mass is 10.1. The van der Waals surface area contributed by atoms with Crippen molar-refractivity contribution in [1.82, 2.24) is 9.97 Å². The first-order valence-electron chi connectivity index (χ1n) is 7.39. The third-order valence-electron chi connectivity index (χ3n) is 3.74. The third kappa shape index (κ3) is 3.01. The number of methoxy groups -OCH3 is 3. The van der Waals surface area contributed by atoms with Crippen molar-refractivity contribution in [1.29, 1.82) is 0 Å². The van der Waals surface area contributed by atoms with Crippen LogP contribution in [0.15, 0.2) is 35.1 Å². The van der Waals surface area contributed by atoms with Crippen molar-refractivity contribution < 1.29 is 14.2 Å². The summed E-state index contributed by atoms with van der Waals surface area (Å²) in [6.45, 7) is 0.566. The quantitative estimate of drug-likeness (QED) is 0.647. The van der Waals surface area contributed by atoms with E-state index in [9.17, 15) is 4.79 Å². The van der Waals surface area contributed by atoms with Gasteiger partial charge in [-0.1, -0.05) is 0 Å². The van der Waals surface area contributed by atoms with Gasteiger partial charge in [-0.15, -0.1) is 0 Å². The predicted molar refractivity (Wildman–Crippen MR) is 92.3 cm³/mol. The van der Waals surface area contributed by atoms with Gasteiger partial charge >= 0.3 is 5.69 Å². The van der Waals surface area contributed by atoms with E-state index in [1.165, 1.54) is 0 Å². The van der Waals surface area contributed by atoms with Gasteiger partial charge in [0.25, 0.3) is 0 Å². The minimum Gasteiger partial charge on any atom is -0.493 e. The minimum atomic E-state index is -0.216. The molecular formula is C17H19N3O4. The fourth-order valence-electron chi connectivity index (χ4n) is 2.58. The highest BCUT2D eigenvalue weighted by Gasteiger charge is 2.13. The zero-order chi connectivity index (χ0) is 17.1. The highest BCUT2D eigenvalue weighted by atomic mass is 16.5. The van der Waals surface area contributed by atoms with E-state index >= 15 is 0 Å². The Labute approximate surface area is 138 Å². The molecule has 0 fully saturated rings. The summed E-state index contributed by atoms with van der Waals surface area (Å²) in [5.74, 6) is 1.79. The molecule has 0 saturated carbocycles. The second-order valence-electron chi connectivity index (χ2n) is 5.23. The number of ether oxygens (including phenoxy) is 3. The van der Waals surface area contributed by atoms with Crippen LogP contribution in [0.5, 0.6) is 17.2 Å². The number of aromatic amines is 2. The maximum atomic E-state index is 11.3. The van der Waals surface area contributed by atoms with Crippen molar-refractivity contribution in [2.75, 3.05) is 26.6 Å². The monoisotopic (exact) mass is 329 g/mol. The molecule has 0 amide bonds. The van der Waals surface area contributed by atoms with E-state index in [4.69, 9.17) is 14.2 Å². The Kier molecular flexibility index (Phi) is 4.33. The van der Waals surface area contributed by atoms with E-state index in [2.05, 4.69) is 15.3 Å². The molecule has 7 heteroatoms. The molecule has 7 nitrogen and oxygen atoms in total. The number of anilines is 1. The first-order chi connectivity index (χ1) is 11.6. The molecule has 0 aliphatic heterocycles. The summed E-state index contributed by atoms with van der Waals surface area (Å²) in [6.07, 6.45) is 0. The highest BCUT2D eigenvalue weighted by molar-refractivity contribution is 5.78. The van der Waals surface area contributed by atoms with Gasteiger partial charge in [0.05, 0.1) is 32.4 Å². The lowest BCUT2D eigenvalue weighted by molar-refractivity contribution is 0.324. The van der Waals surface area contributed by atoms with Gasteiger partial charge in [-0.25, -0.2) is 4.79 Å². The van der Waals surface area contributed by atoms with Gasteiger partial charge in [-0.2, -0.15) is 0 Å². The van der Waals surface area contributed by atoms with Crippen LogP contribution in [-0.4, -0.2) is 31.3 Å². The van der Waals surface area contributed by atoms with Crippen molar-refractivity contribution in [2.24, 2.45) is 0 Å². The molecule has 1 heterocycles. The zero-order valence-electron chi connectivity index (χ0n) is 13.7. The van der Waals surface area contributed by atoms with E-state index < -0.39 is 0 Å². The molecule has 0 radical (unpaired) electrons. The van der Waals surface area contributed by atoms with Crippen LogP contribution in [-0.2, 0) is 6.54 Å². The lowest BCUT2D eigenvalue weighted by Crippen LogP contribution is -2.02. The molecule has 2 aromatic carbocycles. The smallest absolute Gasteiger partial charge is 0.323 e. The molecule has 0 unspecified atom stereocenters. The molecule has 1 aromatic heterocycles. The van der Waals surface area contributed by atoms with Crippen molar-refractivity contribution in [2.45, 2.75) is 6.54 Å². The molecule has 0 atom stereocenters. The molecule has 0 aliphatic carbocycles. The van der Waals surface area contributed by atoms with Crippen molar-refractivity contribution in [3.05, 3.63) is 46.4 Å². The number of hydrogen-bond donors (Lipinski definition) is 3. The van der Waals surface area contributed by atoms with Gasteiger partial charge in [-0.3, -0.25) is 0 Å². The third-order valence-corrected chi connectivity index (χ3v) is 3.74. The molecule has 0 saturated heterocycles. The summed E-state index contributed by atoms with van der Waals surface area (Å²) in [5.41, 5.74) is 3.19. The minimum absolute atomic E-state index is 0.216. The van der Waals surface area contributed by atoms with Crippen molar-refractivity contribution >= 4 is 16.7 Å². The van der Waals surface area contributed by atoms with E-state index in [1.54, 1.807) is 21.3 Å². The molecule has 3 rings (SSSR count). The normalized spacial score (nSPS) is 10.6. The van der Waals surface area contributed by atoms with Crippen molar-refractivity contribution in [3.8, 4) is 17.2 Å². The average molecular weight is 329 g/mol. The van der Waals surface area contributed by atoms with E-state index in [0.29, 0.717) is 23.8 Å². The van der Waals surface area contributed by atoms with Crippen LogP contribution in [0.4, 0.5) is 5.69 Å². The lowest BCUT2D eigenvalue weighted by Gasteiger charge is -2.14.